The number of piperidine rings is 1. The van der Waals surface area contributed by atoms with Crippen molar-refractivity contribution < 1.29 is 4.42 Å². The minimum Gasteiger partial charge on any atom is -0.468 e. The normalized spacial score (nSPS) is 21.2. The molecule has 1 N–H and O–H groups in total. The van der Waals surface area contributed by atoms with Crippen molar-refractivity contribution >= 4 is 0 Å². The molecule has 2 rings (SSSR count). The summed E-state index contributed by atoms with van der Waals surface area (Å²) in [7, 11) is 4.35. The van der Waals surface area contributed by atoms with Crippen LogP contribution in [0.4, 0.5) is 0 Å². The second kappa shape index (κ2) is 7.08. The molecule has 1 aromatic heterocycles. The highest BCUT2D eigenvalue weighted by Gasteiger charge is 2.21. The van der Waals surface area contributed by atoms with Crippen LogP contribution in [0.2, 0.25) is 0 Å². The molecule has 2 heterocycles. The summed E-state index contributed by atoms with van der Waals surface area (Å²) < 4.78 is 5.66. The molecule has 1 saturated heterocycles. The molecule has 4 nitrogen and oxygen atoms in total. The number of hydrogen-bond donors (Lipinski definition) is 1. The van der Waals surface area contributed by atoms with Gasteiger partial charge in [0.2, 0.25) is 0 Å². The van der Waals surface area contributed by atoms with E-state index < -0.39 is 0 Å². The van der Waals surface area contributed by atoms with Gasteiger partial charge in [-0.05, 0) is 46.1 Å². The predicted octanol–water partition coefficient (Wildman–Crippen LogP) is 1.92. The van der Waals surface area contributed by atoms with E-state index in [1.807, 2.05) is 6.26 Å². The van der Waals surface area contributed by atoms with Crippen molar-refractivity contribution in [2.45, 2.75) is 38.9 Å². The van der Waals surface area contributed by atoms with Gasteiger partial charge >= 0.3 is 0 Å². The number of hydrogen-bond acceptors (Lipinski definition) is 4. The fraction of sp³-hybridized carbons (Fsp3) is 0.733. The summed E-state index contributed by atoms with van der Waals surface area (Å²) in [5, 5.41) is 3.32. The van der Waals surface area contributed by atoms with Crippen LogP contribution in [0.25, 0.3) is 0 Å². The third-order valence-electron chi connectivity index (χ3n) is 3.88. The van der Waals surface area contributed by atoms with E-state index >= 15 is 0 Å². The van der Waals surface area contributed by atoms with Crippen LogP contribution in [0.1, 0.15) is 31.1 Å². The molecule has 108 valence electrons. The molecule has 1 aliphatic heterocycles. The lowest BCUT2D eigenvalue weighted by Gasteiger charge is -2.35. The zero-order chi connectivity index (χ0) is 13.7. The Bertz CT molecular complexity index is 375. The fourth-order valence-corrected chi connectivity index (χ4v) is 2.69. The number of nitrogens with one attached hydrogen (secondary N) is 1. The quantitative estimate of drug-likeness (QED) is 0.851. The number of nitrogens with zero attached hydrogens (tertiary/aromatic N) is 2. The Morgan fingerprint density at radius 1 is 1.47 bits per heavy atom. The van der Waals surface area contributed by atoms with Gasteiger partial charge in [-0.3, -0.25) is 4.90 Å². The minimum atomic E-state index is 0.685. The molecular formula is C15H27N3O. The lowest BCUT2D eigenvalue weighted by atomic mass is 10.0. The standard InChI is InChI=1S/C15H27N3O/c1-4-16-9-13-8-15(19-12-13)11-18-7-5-6-14(10-18)17(2)3/h8,12,14,16H,4-7,9-11H2,1-3H3. The molecule has 1 fully saturated rings. The average Bonchev–Trinajstić information content (AvgIpc) is 2.84. The van der Waals surface area contributed by atoms with Crippen LogP contribution in [-0.4, -0.2) is 49.6 Å². The largest absolute Gasteiger partial charge is 0.468 e. The van der Waals surface area contributed by atoms with E-state index in [9.17, 15) is 0 Å². The maximum Gasteiger partial charge on any atom is 0.118 e. The minimum absolute atomic E-state index is 0.685. The van der Waals surface area contributed by atoms with Gasteiger partial charge < -0.3 is 14.6 Å². The Hall–Kier alpha value is -0.840. The van der Waals surface area contributed by atoms with Crippen LogP contribution >= 0.6 is 0 Å². The zero-order valence-corrected chi connectivity index (χ0v) is 12.5. The smallest absolute Gasteiger partial charge is 0.118 e. The SMILES string of the molecule is CCNCc1coc(CN2CCCC(N(C)C)C2)c1. The Labute approximate surface area is 116 Å². The first-order valence-electron chi connectivity index (χ1n) is 7.34. The molecule has 1 aliphatic rings. The lowest BCUT2D eigenvalue weighted by Crippen LogP contribution is -2.44. The summed E-state index contributed by atoms with van der Waals surface area (Å²) in [6.07, 6.45) is 4.48. The topological polar surface area (TPSA) is 31.7 Å². The van der Waals surface area contributed by atoms with Gasteiger partial charge in [0.05, 0.1) is 12.8 Å². The van der Waals surface area contributed by atoms with E-state index in [0.29, 0.717) is 6.04 Å². The maximum absolute atomic E-state index is 5.66. The second-order valence-electron chi connectivity index (χ2n) is 5.70. The molecule has 4 heteroatoms. The van der Waals surface area contributed by atoms with Gasteiger partial charge in [0, 0.05) is 24.7 Å². The molecule has 0 bridgehead atoms. The Morgan fingerprint density at radius 3 is 3.05 bits per heavy atom. The molecule has 1 unspecified atom stereocenters. The van der Waals surface area contributed by atoms with Crippen molar-refractivity contribution in [3.05, 3.63) is 23.7 Å². The van der Waals surface area contributed by atoms with Crippen LogP contribution in [0, 0.1) is 0 Å². The maximum atomic E-state index is 5.66. The van der Waals surface area contributed by atoms with E-state index in [-0.39, 0.29) is 0 Å². The molecule has 19 heavy (non-hydrogen) atoms. The summed E-state index contributed by atoms with van der Waals surface area (Å²) >= 11 is 0. The molecule has 0 saturated carbocycles. The molecule has 0 spiro atoms. The van der Waals surface area contributed by atoms with Crippen LogP contribution < -0.4 is 5.32 Å². The second-order valence-corrected chi connectivity index (χ2v) is 5.70. The molecule has 0 amide bonds. The van der Waals surface area contributed by atoms with Crippen LogP contribution in [0.15, 0.2) is 16.7 Å². The van der Waals surface area contributed by atoms with Gasteiger partial charge in [0.1, 0.15) is 5.76 Å². The fourth-order valence-electron chi connectivity index (χ4n) is 2.69. The summed E-state index contributed by atoms with van der Waals surface area (Å²) in [5.41, 5.74) is 1.25. The first kappa shape index (κ1) is 14.6. The van der Waals surface area contributed by atoms with Crippen molar-refractivity contribution in [1.82, 2.24) is 15.1 Å². The van der Waals surface area contributed by atoms with Crippen LogP contribution in [0.5, 0.6) is 0 Å². The molecular weight excluding hydrogens is 238 g/mol. The van der Waals surface area contributed by atoms with Crippen molar-refractivity contribution in [2.24, 2.45) is 0 Å². The van der Waals surface area contributed by atoms with E-state index in [1.165, 1.54) is 24.9 Å². The van der Waals surface area contributed by atoms with Crippen molar-refractivity contribution in [1.29, 1.82) is 0 Å². The van der Waals surface area contributed by atoms with Crippen molar-refractivity contribution in [2.75, 3.05) is 33.7 Å². The van der Waals surface area contributed by atoms with E-state index in [4.69, 9.17) is 4.42 Å². The highest BCUT2D eigenvalue weighted by molar-refractivity contribution is 5.12. The predicted molar refractivity (Wildman–Crippen MR) is 78.1 cm³/mol. The van der Waals surface area contributed by atoms with Gasteiger partial charge in [-0.2, -0.15) is 0 Å². The molecule has 0 aliphatic carbocycles. The summed E-state index contributed by atoms with van der Waals surface area (Å²) in [5.74, 6) is 1.09. The molecule has 0 aromatic carbocycles. The third kappa shape index (κ3) is 4.34. The summed E-state index contributed by atoms with van der Waals surface area (Å²) in [4.78, 5) is 4.84. The molecule has 1 atom stereocenters. The van der Waals surface area contributed by atoms with Crippen molar-refractivity contribution in [3.63, 3.8) is 0 Å². The average molecular weight is 265 g/mol. The Morgan fingerprint density at radius 2 is 2.32 bits per heavy atom. The first-order chi connectivity index (χ1) is 9.19. The molecule has 0 radical (unpaired) electrons. The monoisotopic (exact) mass is 265 g/mol. The number of likely N-dealkylation sites (tertiary alicyclic amines) is 1. The number of likely N-dealkylation sites (N-methyl/N-ethyl adjacent to an activating group) is 1. The third-order valence-corrected chi connectivity index (χ3v) is 3.88. The van der Waals surface area contributed by atoms with Gasteiger partial charge in [0.25, 0.3) is 0 Å². The van der Waals surface area contributed by atoms with Gasteiger partial charge in [-0.15, -0.1) is 0 Å². The van der Waals surface area contributed by atoms with E-state index in [0.717, 1.165) is 31.9 Å². The Balaban J connectivity index is 1.84. The lowest BCUT2D eigenvalue weighted by molar-refractivity contribution is 0.121. The Kier molecular flexibility index (Phi) is 5.43. The van der Waals surface area contributed by atoms with E-state index in [2.05, 4.69) is 42.2 Å². The van der Waals surface area contributed by atoms with Crippen molar-refractivity contribution in [3.8, 4) is 0 Å². The van der Waals surface area contributed by atoms with E-state index in [1.54, 1.807) is 0 Å². The van der Waals surface area contributed by atoms with Gasteiger partial charge in [0.15, 0.2) is 0 Å². The highest BCUT2D eigenvalue weighted by atomic mass is 16.3. The number of rotatable bonds is 6. The molecule has 1 aromatic rings. The number of furan rings is 1. The van der Waals surface area contributed by atoms with Crippen LogP contribution in [0.3, 0.4) is 0 Å². The summed E-state index contributed by atoms with van der Waals surface area (Å²) in [6.45, 7) is 7.30. The summed E-state index contributed by atoms with van der Waals surface area (Å²) in [6, 6.07) is 2.87. The first-order valence-corrected chi connectivity index (χ1v) is 7.34. The van der Waals surface area contributed by atoms with Gasteiger partial charge in [-0.1, -0.05) is 6.92 Å². The van der Waals surface area contributed by atoms with Crippen LogP contribution in [-0.2, 0) is 13.1 Å². The van der Waals surface area contributed by atoms with Gasteiger partial charge in [-0.25, -0.2) is 0 Å². The highest BCUT2D eigenvalue weighted by Crippen LogP contribution is 2.17. The zero-order valence-electron chi connectivity index (χ0n) is 12.5.